The van der Waals surface area contributed by atoms with E-state index in [4.69, 9.17) is 10.1 Å². The molecule has 1 unspecified atom stereocenters. The average Bonchev–Trinajstić information content (AvgIpc) is 3.58. The number of nitrogens with zero attached hydrogens (tertiary/aromatic N) is 4. The van der Waals surface area contributed by atoms with Gasteiger partial charge in [0.2, 0.25) is 5.95 Å². The number of aryl methyl sites for hydroxylation is 2. The highest BCUT2D eigenvalue weighted by Crippen LogP contribution is 2.32. The zero-order chi connectivity index (χ0) is 22.2. The molecule has 6 nitrogen and oxygen atoms in total. The molecule has 6 heteroatoms. The molecule has 0 bridgehead atoms. The van der Waals surface area contributed by atoms with Crippen LogP contribution in [-0.2, 0) is 20.0 Å². The number of aromatic nitrogens is 4. The van der Waals surface area contributed by atoms with Gasteiger partial charge in [-0.15, -0.1) is 0 Å². The van der Waals surface area contributed by atoms with E-state index in [0.717, 1.165) is 35.3 Å². The van der Waals surface area contributed by atoms with Crippen molar-refractivity contribution in [2.24, 2.45) is 7.05 Å². The van der Waals surface area contributed by atoms with Crippen LogP contribution < -0.4 is 10.6 Å². The highest BCUT2D eigenvalue weighted by Gasteiger charge is 2.21. The molecular formula is C27H30N6. The van der Waals surface area contributed by atoms with Crippen LogP contribution in [0.5, 0.6) is 0 Å². The Morgan fingerprint density at radius 1 is 1.03 bits per heavy atom. The largest absolute Gasteiger partial charge is 0.351 e. The maximum absolute atomic E-state index is 4.81. The molecule has 33 heavy (non-hydrogen) atoms. The van der Waals surface area contributed by atoms with E-state index in [9.17, 15) is 0 Å². The molecule has 4 aromatic rings. The Labute approximate surface area is 194 Å². The zero-order valence-electron chi connectivity index (χ0n) is 19.1. The Hall–Kier alpha value is -3.25. The predicted octanol–water partition coefficient (Wildman–Crippen LogP) is 5.16. The SMILES string of the molecule is Cn1nc(-c2cccc(CNC3CCc4ccccc43)c2)c2cnc(NC3CCCC3)nc21. The molecule has 168 valence electrons. The van der Waals surface area contributed by atoms with E-state index >= 15 is 0 Å². The Morgan fingerprint density at radius 2 is 1.91 bits per heavy atom. The quantitative estimate of drug-likeness (QED) is 0.435. The highest BCUT2D eigenvalue weighted by molar-refractivity contribution is 5.91. The standard InChI is InChI=1S/C27H30N6/c1-33-26-23(17-29-27(31-26)30-21-10-3-4-11-21)25(32-33)20-9-6-7-18(15-20)16-28-24-14-13-19-8-2-5-12-22(19)24/h2,5-9,12,15,17,21,24,28H,3-4,10-11,13-14,16H2,1H3,(H,29,30,31). The molecule has 1 fully saturated rings. The number of benzene rings is 2. The van der Waals surface area contributed by atoms with Crippen molar-refractivity contribution in [3.05, 3.63) is 71.4 Å². The number of hydrogen-bond donors (Lipinski definition) is 2. The summed E-state index contributed by atoms with van der Waals surface area (Å²) in [6.07, 6.45) is 9.21. The van der Waals surface area contributed by atoms with E-state index in [1.807, 2.05) is 17.9 Å². The maximum Gasteiger partial charge on any atom is 0.224 e. The first-order valence-electron chi connectivity index (χ1n) is 12.1. The highest BCUT2D eigenvalue weighted by atomic mass is 15.3. The third-order valence-corrected chi connectivity index (χ3v) is 7.15. The van der Waals surface area contributed by atoms with Crippen LogP contribution >= 0.6 is 0 Å². The van der Waals surface area contributed by atoms with Crippen LogP contribution in [0.2, 0.25) is 0 Å². The van der Waals surface area contributed by atoms with E-state index in [1.165, 1.54) is 48.8 Å². The first-order valence-corrected chi connectivity index (χ1v) is 12.1. The van der Waals surface area contributed by atoms with Crippen LogP contribution in [0.4, 0.5) is 5.95 Å². The van der Waals surface area contributed by atoms with Gasteiger partial charge in [0, 0.05) is 37.4 Å². The van der Waals surface area contributed by atoms with E-state index < -0.39 is 0 Å². The number of anilines is 1. The normalized spacial score (nSPS) is 18.2. The first kappa shape index (κ1) is 20.4. The number of rotatable bonds is 6. The Balaban J connectivity index is 1.22. The lowest BCUT2D eigenvalue weighted by molar-refractivity contribution is 0.530. The molecule has 0 spiro atoms. The second kappa shape index (κ2) is 8.60. The van der Waals surface area contributed by atoms with Gasteiger partial charge in [-0.25, -0.2) is 9.67 Å². The third kappa shape index (κ3) is 4.00. The van der Waals surface area contributed by atoms with Crippen LogP contribution in [0.3, 0.4) is 0 Å². The summed E-state index contributed by atoms with van der Waals surface area (Å²) >= 11 is 0. The Kier molecular flexibility index (Phi) is 5.30. The Morgan fingerprint density at radius 3 is 2.82 bits per heavy atom. The molecular weight excluding hydrogens is 408 g/mol. The van der Waals surface area contributed by atoms with Crippen molar-refractivity contribution in [3.8, 4) is 11.3 Å². The van der Waals surface area contributed by atoms with Gasteiger partial charge in [-0.05, 0) is 48.4 Å². The molecule has 2 heterocycles. The number of hydrogen-bond acceptors (Lipinski definition) is 5. The summed E-state index contributed by atoms with van der Waals surface area (Å²) in [5.41, 5.74) is 7.09. The lowest BCUT2D eigenvalue weighted by atomic mass is 10.1. The molecule has 2 aromatic heterocycles. The molecule has 2 aromatic carbocycles. The van der Waals surface area contributed by atoms with Crippen molar-refractivity contribution in [3.63, 3.8) is 0 Å². The molecule has 2 N–H and O–H groups in total. The molecule has 0 radical (unpaired) electrons. The Bertz CT molecular complexity index is 1290. The third-order valence-electron chi connectivity index (χ3n) is 7.15. The van der Waals surface area contributed by atoms with Gasteiger partial charge in [0.1, 0.15) is 5.69 Å². The van der Waals surface area contributed by atoms with Crippen molar-refractivity contribution in [2.45, 2.75) is 57.2 Å². The van der Waals surface area contributed by atoms with E-state index in [-0.39, 0.29) is 0 Å². The summed E-state index contributed by atoms with van der Waals surface area (Å²) in [7, 11) is 1.96. The van der Waals surface area contributed by atoms with Gasteiger partial charge in [0.25, 0.3) is 0 Å². The predicted molar refractivity (Wildman–Crippen MR) is 132 cm³/mol. The van der Waals surface area contributed by atoms with Crippen LogP contribution in [0.1, 0.15) is 54.8 Å². The van der Waals surface area contributed by atoms with Gasteiger partial charge >= 0.3 is 0 Å². The van der Waals surface area contributed by atoms with Gasteiger partial charge in [0.15, 0.2) is 5.65 Å². The minimum Gasteiger partial charge on any atom is -0.351 e. The van der Waals surface area contributed by atoms with Gasteiger partial charge < -0.3 is 10.6 Å². The summed E-state index contributed by atoms with van der Waals surface area (Å²) < 4.78 is 1.87. The van der Waals surface area contributed by atoms with Crippen molar-refractivity contribution in [2.75, 3.05) is 5.32 Å². The summed E-state index contributed by atoms with van der Waals surface area (Å²) in [6, 6.07) is 18.4. The molecule has 2 aliphatic carbocycles. The average molecular weight is 439 g/mol. The van der Waals surface area contributed by atoms with E-state index in [1.54, 1.807) is 0 Å². The maximum atomic E-state index is 4.81. The summed E-state index contributed by atoms with van der Waals surface area (Å²) in [5.74, 6) is 0.707. The fourth-order valence-corrected chi connectivity index (χ4v) is 5.41. The first-order chi connectivity index (χ1) is 16.2. The van der Waals surface area contributed by atoms with Crippen molar-refractivity contribution >= 4 is 17.0 Å². The number of fused-ring (bicyclic) bond motifs is 2. The second-order valence-corrected chi connectivity index (χ2v) is 9.40. The second-order valence-electron chi connectivity index (χ2n) is 9.40. The molecule has 1 saturated carbocycles. The van der Waals surface area contributed by atoms with Crippen LogP contribution in [0, 0.1) is 0 Å². The van der Waals surface area contributed by atoms with Crippen LogP contribution in [0.25, 0.3) is 22.3 Å². The minimum atomic E-state index is 0.430. The fraction of sp³-hybridized carbons (Fsp3) is 0.370. The fourth-order valence-electron chi connectivity index (χ4n) is 5.41. The van der Waals surface area contributed by atoms with Crippen LogP contribution in [0.15, 0.2) is 54.7 Å². The summed E-state index contributed by atoms with van der Waals surface area (Å²) in [4.78, 5) is 9.40. The van der Waals surface area contributed by atoms with E-state index in [0.29, 0.717) is 18.0 Å². The van der Waals surface area contributed by atoms with Crippen molar-refractivity contribution in [1.82, 2.24) is 25.1 Å². The molecule has 2 aliphatic rings. The topological polar surface area (TPSA) is 67.7 Å². The molecule has 1 atom stereocenters. The van der Waals surface area contributed by atoms with Gasteiger partial charge in [-0.3, -0.25) is 0 Å². The lowest BCUT2D eigenvalue weighted by Gasteiger charge is -2.14. The van der Waals surface area contributed by atoms with Crippen LogP contribution in [-0.4, -0.2) is 25.8 Å². The molecule has 6 rings (SSSR count). The van der Waals surface area contributed by atoms with Gasteiger partial charge in [-0.1, -0.05) is 55.3 Å². The lowest BCUT2D eigenvalue weighted by Crippen LogP contribution is -2.18. The number of nitrogens with one attached hydrogen (secondary N) is 2. The van der Waals surface area contributed by atoms with Crippen molar-refractivity contribution in [1.29, 1.82) is 0 Å². The zero-order valence-corrected chi connectivity index (χ0v) is 19.1. The summed E-state index contributed by atoms with van der Waals surface area (Å²) in [5, 5.41) is 13.1. The smallest absolute Gasteiger partial charge is 0.224 e. The minimum absolute atomic E-state index is 0.430. The van der Waals surface area contributed by atoms with Gasteiger partial charge in [-0.2, -0.15) is 10.1 Å². The van der Waals surface area contributed by atoms with E-state index in [2.05, 4.69) is 64.1 Å². The van der Waals surface area contributed by atoms with Crippen molar-refractivity contribution < 1.29 is 0 Å². The van der Waals surface area contributed by atoms with Gasteiger partial charge in [0.05, 0.1) is 5.39 Å². The molecule has 0 aliphatic heterocycles. The molecule has 0 saturated heterocycles. The summed E-state index contributed by atoms with van der Waals surface area (Å²) in [6.45, 7) is 0.837. The monoisotopic (exact) mass is 438 g/mol. The molecule has 0 amide bonds.